The lowest BCUT2D eigenvalue weighted by atomic mass is 9.92. The first-order chi connectivity index (χ1) is 9.95. The van der Waals surface area contributed by atoms with Crippen LogP contribution in [-0.2, 0) is 4.79 Å². The van der Waals surface area contributed by atoms with Crippen LogP contribution >= 0.6 is 0 Å². The smallest absolute Gasteiger partial charge is 0.238 e. The molecule has 2 atom stereocenters. The van der Waals surface area contributed by atoms with Gasteiger partial charge in [-0.05, 0) is 44.4 Å². The Bertz CT molecular complexity index is 508. The maximum absolute atomic E-state index is 13.5. The van der Waals surface area contributed by atoms with E-state index in [1.54, 1.807) is 0 Å². The highest BCUT2D eigenvalue weighted by Crippen LogP contribution is 2.19. The standard InChI is InChI=1S/C15H21F2N3O/c1-10(18)11-3-2-6-20(8-11)9-15(21)19-14-5-4-12(16)7-13(14)17/h4-5,7,10-11H,2-3,6,8-9,18H2,1H3,(H,19,21). The van der Waals surface area contributed by atoms with Crippen molar-refractivity contribution in [3.05, 3.63) is 29.8 Å². The van der Waals surface area contributed by atoms with Crippen LogP contribution in [-0.4, -0.2) is 36.5 Å². The van der Waals surface area contributed by atoms with E-state index in [1.807, 2.05) is 11.8 Å². The van der Waals surface area contributed by atoms with Gasteiger partial charge in [0.15, 0.2) is 0 Å². The van der Waals surface area contributed by atoms with Gasteiger partial charge in [-0.2, -0.15) is 0 Å². The number of nitrogens with two attached hydrogens (primary N) is 1. The molecule has 0 spiro atoms. The van der Waals surface area contributed by atoms with Crippen LogP contribution in [0.4, 0.5) is 14.5 Å². The predicted octanol–water partition coefficient (Wildman–Crippen LogP) is 1.96. The third-order valence-electron chi connectivity index (χ3n) is 3.86. The van der Waals surface area contributed by atoms with Crippen molar-refractivity contribution in [3.8, 4) is 0 Å². The molecule has 116 valence electrons. The Hall–Kier alpha value is -1.53. The third-order valence-corrected chi connectivity index (χ3v) is 3.86. The number of benzene rings is 1. The minimum atomic E-state index is -0.768. The number of hydrogen-bond donors (Lipinski definition) is 2. The molecule has 2 rings (SSSR count). The fourth-order valence-electron chi connectivity index (χ4n) is 2.65. The molecule has 1 aliphatic rings. The lowest BCUT2D eigenvalue weighted by molar-refractivity contribution is -0.117. The summed E-state index contributed by atoms with van der Waals surface area (Å²) in [4.78, 5) is 14.0. The highest BCUT2D eigenvalue weighted by Gasteiger charge is 2.24. The Morgan fingerprint density at radius 2 is 2.29 bits per heavy atom. The summed E-state index contributed by atoms with van der Waals surface area (Å²) < 4.78 is 26.3. The molecule has 1 aliphatic heterocycles. The van der Waals surface area contributed by atoms with E-state index in [0.717, 1.165) is 38.1 Å². The summed E-state index contributed by atoms with van der Waals surface area (Å²) in [6, 6.07) is 3.20. The monoisotopic (exact) mass is 297 g/mol. The number of amides is 1. The van der Waals surface area contributed by atoms with Crippen LogP contribution in [0.25, 0.3) is 0 Å². The van der Waals surface area contributed by atoms with Gasteiger partial charge < -0.3 is 11.1 Å². The summed E-state index contributed by atoms with van der Waals surface area (Å²) >= 11 is 0. The van der Waals surface area contributed by atoms with Crippen molar-refractivity contribution in [2.24, 2.45) is 11.7 Å². The van der Waals surface area contributed by atoms with Crippen LogP contribution in [0.1, 0.15) is 19.8 Å². The molecule has 1 fully saturated rings. The van der Waals surface area contributed by atoms with E-state index in [-0.39, 0.29) is 24.2 Å². The molecule has 1 aromatic carbocycles. The van der Waals surface area contributed by atoms with Crippen molar-refractivity contribution in [1.82, 2.24) is 4.90 Å². The highest BCUT2D eigenvalue weighted by atomic mass is 19.1. The second-order valence-corrected chi connectivity index (χ2v) is 5.67. The molecule has 3 N–H and O–H groups in total. The Kier molecular flexibility index (Phi) is 5.25. The molecule has 1 aromatic rings. The molecule has 4 nitrogen and oxygen atoms in total. The van der Waals surface area contributed by atoms with E-state index in [9.17, 15) is 13.6 Å². The predicted molar refractivity (Wildman–Crippen MR) is 77.8 cm³/mol. The normalized spacial score (nSPS) is 21.0. The van der Waals surface area contributed by atoms with Crippen LogP contribution in [0.5, 0.6) is 0 Å². The highest BCUT2D eigenvalue weighted by molar-refractivity contribution is 5.92. The van der Waals surface area contributed by atoms with Gasteiger partial charge in [-0.15, -0.1) is 0 Å². The van der Waals surface area contributed by atoms with Gasteiger partial charge in [-0.1, -0.05) is 0 Å². The molecular formula is C15H21F2N3O. The first kappa shape index (κ1) is 15.9. The van der Waals surface area contributed by atoms with Gasteiger partial charge in [-0.3, -0.25) is 9.69 Å². The van der Waals surface area contributed by atoms with Crippen molar-refractivity contribution >= 4 is 11.6 Å². The molecule has 21 heavy (non-hydrogen) atoms. The molecule has 1 heterocycles. The second-order valence-electron chi connectivity index (χ2n) is 5.67. The van der Waals surface area contributed by atoms with Crippen LogP contribution in [0.15, 0.2) is 18.2 Å². The number of piperidine rings is 1. The van der Waals surface area contributed by atoms with Gasteiger partial charge in [0, 0.05) is 18.7 Å². The van der Waals surface area contributed by atoms with Crippen molar-refractivity contribution in [2.75, 3.05) is 25.0 Å². The van der Waals surface area contributed by atoms with E-state index in [1.165, 1.54) is 6.07 Å². The number of carbonyl (C=O) groups is 1. The Labute approximate surface area is 123 Å². The summed E-state index contributed by atoms with van der Waals surface area (Å²) in [5.74, 6) is -1.35. The molecule has 0 aliphatic carbocycles. The molecular weight excluding hydrogens is 276 g/mol. The molecule has 6 heteroatoms. The quantitative estimate of drug-likeness (QED) is 0.893. The van der Waals surface area contributed by atoms with Crippen LogP contribution in [0.2, 0.25) is 0 Å². The van der Waals surface area contributed by atoms with E-state index < -0.39 is 11.6 Å². The fraction of sp³-hybridized carbons (Fsp3) is 0.533. The molecule has 0 aromatic heterocycles. The van der Waals surface area contributed by atoms with Crippen molar-refractivity contribution in [3.63, 3.8) is 0 Å². The number of nitrogens with one attached hydrogen (secondary N) is 1. The number of nitrogens with zero attached hydrogens (tertiary/aromatic N) is 1. The Morgan fingerprint density at radius 1 is 1.52 bits per heavy atom. The average molecular weight is 297 g/mol. The van der Waals surface area contributed by atoms with Crippen molar-refractivity contribution in [2.45, 2.75) is 25.8 Å². The molecule has 0 radical (unpaired) electrons. The maximum Gasteiger partial charge on any atom is 0.238 e. The number of rotatable bonds is 4. The molecule has 1 saturated heterocycles. The molecule has 0 bridgehead atoms. The number of carbonyl (C=O) groups excluding carboxylic acids is 1. The van der Waals surface area contributed by atoms with Crippen LogP contribution in [0, 0.1) is 17.6 Å². The Morgan fingerprint density at radius 3 is 2.95 bits per heavy atom. The minimum absolute atomic E-state index is 0.00199. The van der Waals surface area contributed by atoms with E-state index in [4.69, 9.17) is 5.73 Å². The number of halogens is 2. The topological polar surface area (TPSA) is 58.4 Å². The van der Waals surface area contributed by atoms with E-state index in [0.29, 0.717) is 5.92 Å². The zero-order valence-electron chi connectivity index (χ0n) is 12.1. The average Bonchev–Trinajstić information content (AvgIpc) is 2.42. The maximum atomic E-state index is 13.5. The zero-order valence-corrected chi connectivity index (χ0v) is 12.1. The summed E-state index contributed by atoms with van der Waals surface area (Å²) in [5, 5.41) is 2.48. The fourth-order valence-corrected chi connectivity index (χ4v) is 2.65. The van der Waals surface area contributed by atoms with Gasteiger partial charge in [0.2, 0.25) is 5.91 Å². The summed E-state index contributed by atoms with van der Waals surface area (Å²) in [6.45, 7) is 3.78. The van der Waals surface area contributed by atoms with Crippen molar-refractivity contribution < 1.29 is 13.6 Å². The summed E-state index contributed by atoms with van der Waals surface area (Å²) in [7, 11) is 0. The number of hydrogen-bond acceptors (Lipinski definition) is 3. The number of likely N-dealkylation sites (tertiary alicyclic amines) is 1. The van der Waals surface area contributed by atoms with Gasteiger partial charge in [0.05, 0.1) is 12.2 Å². The van der Waals surface area contributed by atoms with Crippen molar-refractivity contribution in [1.29, 1.82) is 0 Å². The van der Waals surface area contributed by atoms with Gasteiger partial charge in [0.1, 0.15) is 11.6 Å². The third kappa shape index (κ3) is 4.47. The van der Waals surface area contributed by atoms with Gasteiger partial charge in [-0.25, -0.2) is 8.78 Å². The molecule has 2 unspecified atom stereocenters. The SMILES string of the molecule is CC(N)C1CCCN(CC(=O)Nc2ccc(F)cc2F)C1. The van der Waals surface area contributed by atoms with Crippen LogP contribution in [0.3, 0.4) is 0 Å². The molecule has 1 amide bonds. The minimum Gasteiger partial charge on any atom is -0.328 e. The molecule has 0 saturated carbocycles. The van der Waals surface area contributed by atoms with Gasteiger partial charge >= 0.3 is 0 Å². The van der Waals surface area contributed by atoms with Crippen LogP contribution < -0.4 is 11.1 Å². The summed E-state index contributed by atoms with van der Waals surface area (Å²) in [6.07, 6.45) is 2.08. The van der Waals surface area contributed by atoms with E-state index in [2.05, 4.69) is 5.32 Å². The van der Waals surface area contributed by atoms with Gasteiger partial charge in [0.25, 0.3) is 0 Å². The lowest BCUT2D eigenvalue weighted by Crippen LogP contribution is -2.45. The first-order valence-electron chi connectivity index (χ1n) is 7.18. The lowest BCUT2D eigenvalue weighted by Gasteiger charge is -2.34. The summed E-state index contributed by atoms with van der Waals surface area (Å²) in [5.41, 5.74) is 5.91. The largest absolute Gasteiger partial charge is 0.328 e. The Balaban J connectivity index is 1.89. The van der Waals surface area contributed by atoms with E-state index >= 15 is 0 Å². The number of anilines is 1. The zero-order chi connectivity index (χ0) is 15.4. The second kappa shape index (κ2) is 6.95. The first-order valence-corrected chi connectivity index (χ1v) is 7.18.